The van der Waals surface area contributed by atoms with E-state index in [-0.39, 0.29) is 11.8 Å². The number of H-pyrrole nitrogens is 1. The van der Waals surface area contributed by atoms with Crippen LogP contribution in [-0.4, -0.2) is 75.9 Å². The lowest BCUT2D eigenvalue weighted by atomic mass is 9.92. The number of piperidine rings is 2. The summed E-state index contributed by atoms with van der Waals surface area (Å²) in [6, 6.07) is 1.30. The maximum absolute atomic E-state index is 12.8. The fourth-order valence-electron chi connectivity index (χ4n) is 4.31. The minimum atomic E-state index is 0.136. The predicted octanol–water partition coefficient (Wildman–Crippen LogP) is 1.95. The molecule has 1 atom stereocenters. The number of aromatic nitrogens is 2. The average molecular weight is 348 g/mol. The molecule has 0 saturated carbocycles. The summed E-state index contributed by atoms with van der Waals surface area (Å²) < 4.78 is 0. The highest BCUT2D eigenvalue weighted by molar-refractivity contribution is 5.78. The molecule has 0 bridgehead atoms. The molecule has 2 saturated heterocycles. The Labute approximate surface area is 151 Å². The third kappa shape index (κ3) is 4.61. The van der Waals surface area contributed by atoms with Crippen LogP contribution in [0.4, 0.5) is 0 Å². The van der Waals surface area contributed by atoms with Crippen LogP contribution < -0.4 is 0 Å². The Morgan fingerprint density at radius 2 is 2.08 bits per heavy atom. The molecule has 25 heavy (non-hydrogen) atoms. The summed E-state index contributed by atoms with van der Waals surface area (Å²) >= 11 is 0. The summed E-state index contributed by atoms with van der Waals surface area (Å²) in [5.41, 5.74) is 0. The Balaban J connectivity index is 1.51. The fourth-order valence-corrected chi connectivity index (χ4v) is 4.31. The zero-order valence-corrected chi connectivity index (χ0v) is 15.9. The Morgan fingerprint density at radius 1 is 1.32 bits per heavy atom. The van der Waals surface area contributed by atoms with Gasteiger partial charge in [0.15, 0.2) is 0 Å². The molecule has 1 unspecified atom stereocenters. The van der Waals surface area contributed by atoms with Crippen LogP contribution in [0.5, 0.6) is 0 Å². The van der Waals surface area contributed by atoms with Crippen LogP contribution in [0.15, 0.2) is 12.4 Å². The number of nitrogens with one attached hydrogen (secondary N) is 1. The maximum Gasteiger partial charge on any atom is 0.227 e. The monoisotopic (exact) mass is 347 g/mol. The standard InChI is InChI=1S/C19H33N5O/c1-15(2)23-11-6-17(7-12-23)24-10-4-5-16(13-24)19(25)22(3)14-18-20-8-9-21-18/h8-9,15-17H,4-7,10-14H2,1-3H3,(H,20,21). The second-order valence-corrected chi connectivity index (χ2v) is 7.93. The van der Waals surface area contributed by atoms with Gasteiger partial charge >= 0.3 is 0 Å². The predicted molar refractivity (Wildman–Crippen MR) is 99.1 cm³/mol. The van der Waals surface area contributed by atoms with Crippen molar-refractivity contribution < 1.29 is 4.79 Å². The molecular weight excluding hydrogens is 314 g/mol. The molecule has 1 N–H and O–H groups in total. The first-order chi connectivity index (χ1) is 12.0. The van der Waals surface area contributed by atoms with E-state index < -0.39 is 0 Å². The van der Waals surface area contributed by atoms with Crippen molar-refractivity contribution in [3.8, 4) is 0 Å². The molecule has 0 radical (unpaired) electrons. The van der Waals surface area contributed by atoms with Crippen LogP contribution >= 0.6 is 0 Å². The largest absolute Gasteiger partial charge is 0.347 e. The van der Waals surface area contributed by atoms with Crippen LogP contribution in [0.1, 0.15) is 45.4 Å². The molecular formula is C19H33N5O. The summed E-state index contributed by atoms with van der Waals surface area (Å²) in [5, 5.41) is 0. The number of nitrogens with zero attached hydrogens (tertiary/aromatic N) is 4. The normalized spacial score (nSPS) is 23.9. The van der Waals surface area contributed by atoms with Crippen LogP contribution in [0, 0.1) is 5.92 Å². The second-order valence-electron chi connectivity index (χ2n) is 7.93. The fraction of sp³-hybridized carbons (Fsp3) is 0.789. The van der Waals surface area contributed by atoms with Gasteiger partial charge < -0.3 is 14.8 Å². The van der Waals surface area contributed by atoms with E-state index in [4.69, 9.17) is 0 Å². The van der Waals surface area contributed by atoms with Crippen molar-refractivity contribution in [2.24, 2.45) is 5.92 Å². The lowest BCUT2D eigenvalue weighted by Crippen LogP contribution is -2.51. The molecule has 0 aliphatic carbocycles. The summed E-state index contributed by atoms with van der Waals surface area (Å²) in [6.45, 7) is 9.59. The first-order valence-electron chi connectivity index (χ1n) is 9.76. The molecule has 6 nitrogen and oxygen atoms in total. The highest BCUT2D eigenvalue weighted by atomic mass is 16.2. The number of aromatic amines is 1. The lowest BCUT2D eigenvalue weighted by molar-refractivity contribution is -0.137. The topological polar surface area (TPSA) is 55.5 Å². The van der Waals surface area contributed by atoms with Crippen LogP contribution in [0.2, 0.25) is 0 Å². The number of rotatable bonds is 5. The highest BCUT2D eigenvalue weighted by Gasteiger charge is 2.33. The van der Waals surface area contributed by atoms with Crippen molar-refractivity contribution in [3.05, 3.63) is 18.2 Å². The Morgan fingerprint density at radius 3 is 2.72 bits per heavy atom. The summed E-state index contributed by atoms with van der Waals surface area (Å²) in [6.07, 6.45) is 8.17. The van der Waals surface area contributed by atoms with E-state index in [1.165, 1.54) is 25.9 Å². The number of likely N-dealkylation sites (tertiary alicyclic amines) is 2. The number of hydrogen-bond acceptors (Lipinski definition) is 4. The minimum Gasteiger partial charge on any atom is -0.347 e. The SMILES string of the molecule is CC(C)N1CCC(N2CCCC(C(=O)N(C)Cc3ncc[nH]3)C2)CC1. The summed E-state index contributed by atoms with van der Waals surface area (Å²) in [5.74, 6) is 1.25. The van der Waals surface area contributed by atoms with Crippen LogP contribution in [0.25, 0.3) is 0 Å². The zero-order chi connectivity index (χ0) is 17.8. The van der Waals surface area contributed by atoms with Crippen molar-refractivity contribution >= 4 is 5.91 Å². The number of carbonyl (C=O) groups is 1. The van der Waals surface area contributed by atoms with Crippen molar-refractivity contribution in [3.63, 3.8) is 0 Å². The lowest BCUT2D eigenvalue weighted by Gasteiger charge is -2.43. The van der Waals surface area contributed by atoms with Gasteiger partial charge in [-0.2, -0.15) is 0 Å². The molecule has 0 aromatic carbocycles. The smallest absolute Gasteiger partial charge is 0.227 e. The van der Waals surface area contributed by atoms with Crippen LogP contribution in [-0.2, 0) is 11.3 Å². The van der Waals surface area contributed by atoms with E-state index >= 15 is 0 Å². The van der Waals surface area contributed by atoms with E-state index in [1.54, 1.807) is 12.4 Å². The molecule has 2 fully saturated rings. The third-order valence-electron chi connectivity index (χ3n) is 5.87. The summed E-state index contributed by atoms with van der Waals surface area (Å²) in [7, 11) is 1.89. The van der Waals surface area contributed by atoms with Gasteiger partial charge in [0.05, 0.1) is 12.5 Å². The second kappa shape index (κ2) is 8.32. The van der Waals surface area contributed by atoms with Gasteiger partial charge in [-0.05, 0) is 59.2 Å². The average Bonchev–Trinajstić information content (AvgIpc) is 3.14. The molecule has 1 aromatic heterocycles. The molecule has 1 aromatic rings. The van der Waals surface area contributed by atoms with Gasteiger partial charge in [-0.3, -0.25) is 9.69 Å². The van der Waals surface area contributed by atoms with E-state index in [1.807, 2.05) is 11.9 Å². The summed E-state index contributed by atoms with van der Waals surface area (Å²) in [4.78, 5) is 27.1. The Bertz CT molecular complexity index is 536. The van der Waals surface area contributed by atoms with Gasteiger partial charge in [0, 0.05) is 38.1 Å². The van der Waals surface area contributed by atoms with Gasteiger partial charge in [-0.15, -0.1) is 0 Å². The molecule has 2 aliphatic rings. The molecule has 3 heterocycles. The van der Waals surface area contributed by atoms with Crippen molar-refractivity contribution in [2.75, 3.05) is 33.2 Å². The van der Waals surface area contributed by atoms with Crippen molar-refractivity contribution in [1.29, 1.82) is 0 Å². The van der Waals surface area contributed by atoms with Crippen LogP contribution in [0.3, 0.4) is 0 Å². The van der Waals surface area contributed by atoms with E-state index in [0.717, 1.165) is 31.8 Å². The molecule has 6 heteroatoms. The molecule has 1 amide bonds. The minimum absolute atomic E-state index is 0.136. The highest BCUT2D eigenvalue weighted by Crippen LogP contribution is 2.25. The van der Waals surface area contributed by atoms with Gasteiger partial charge in [0.1, 0.15) is 5.82 Å². The third-order valence-corrected chi connectivity index (χ3v) is 5.87. The Hall–Kier alpha value is -1.40. The number of amides is 1. The quantitative estimate of drug-likeness (QED) is 0.885. The number of carbonyl (C=O) groups excluding carboxylic acids is 1. The van der Waals surface area contributed by atoms with E-state index in [9.17, 15) is 4.79 Å². The van der Waals surface area contributed by atoms with Gasteiger partial charge in [-0.25, -0.2) is 4.98 Å². The number of imidazole rings is 1. The van der Waals surface area contributed by atoms with Crippen molar-refractivity contribution in [2.45, 2.75) is 58.2 Å². The van der Waals surface area contributed by atoms with Gasteiger partial charge in [-0.1, -0.05) is 0 Å². The van der Waals surface area contributed by atoms with E-state index in [0.29, 0.717) is 18.6 Å². The van der Waals surface area contributed by atoms with Crippen molar-refractivity contribution in [1.82, 2.24) is 24.7 Å². The van der Waals surface area contributed by atoms with E-state index in [2.05, 4.69) is 33.6 Å². The molecule has 0 spiro atoms. The number of hydrogen-bond donors (Lipinski definition) is 1. The molecule has 2 aliphatic heterocycles. The first kappa shape index (κ1) is 18.4. The van der Waals surface area contributed by atoms with Gasteiger partial charge in [0.25, 0.3) is 0 Å². The molecule has 140 valence electrons. The first-order valence-corrected chi connectivity index (χ1v) is 9.76. The molecule has 3 rings (SSSR count). The maximum atomic E-state index is 12.8. The zero-order valence-electron chi connectivity index (χ0n) is 15.9. The Kier molecular flexibility index (Phi) is 6.12. The van der Waals surface area contributed by atoms with Gasteiger partial charge in [0.2, 0.25) is 5.91 Å².